The lowest BCUT2D eigenvalue weighted by Crippen LogP contribution is -2.40. The highest BCUT2D eigenvalue weighted by Crippen LogP contribution is 2.05. The van der Waals surface area contributed by atoms with Gasteiger partial charge in [0.15, 0.2) is 0 Å². The third kappa shape index (κ3) is 6.68. The smallest absolute Gasteiger partial charge is 0.220 e. The predicted octanol–water partition coefficient (Wildman–Crippen LogP) is 1.75. The van der Waals surface area contributed by atoms with E-state index in [-0.39, 0.29) is 11.9 Å². The van der Waals surface area contributed by atoms with Crippen LogP contribution in [0.25, 0.3) is 0 Å². The highest BCUT2D eigenvalue weighted by molar-refractivity contribution is 5.75. The van der Waals surface area contributed by atoms with Crippen molar-refractivity contribution in [2.45, 2.75) is 45.3 Å². The van der Waals surface area contributed by atoms with Crippen molar-refractivity contribution in [3.05, 3.63) is 35.9 Å². The molecule has 0 heterocycles. The molecule has 3 N–H and O–H groups in total. The fourth-order valence-electron chi connectivity index (χ4n) is 1.89. The van der Waals surface area contributed by atoms with E-state index in [0.717, 1.165) is 13.0 Å². The summed E-state index contributed by atoms with van der Waals surface area (Å²) in [5, 5.41) is 2.97. The van der Waals surface area contributed by atoms with Gasteiger partial charge in [-0.05, 0) is 32.9 Å². The van der Waals surface area contributed by atoms with E-state index in [2.05, 4.69) is 36.3 Å². The van der Waals surface area contributed by atoms with Gasteiger partial charge in [-0.15, -0.1) is 0 Å². The zero-order chi connectivity index (χ0) is 15.0. The molecule has 1 rings (SSSR count). The summed E-state index contributed by atoms with van der Waals surface area (Å²) in [6, 6.07) is 10.7. The number of benzene rings is 1. The number of carbonyl (C=O) groups excluding carboxylic acids is 1. The SMILES string of the molecule is CC(N)CCC(=O)NCC(C)N(C)Cc1ccccc1. The van der Waals surface area contributed by atoms with E-state index in [9.17, 15) is 4.79 Å². The largest absolute Gasteiger partial charge is 0.355 e. The summed E-state index contributed by atoms with van der Waals surface area (Å²) < 4.78 is 0. The first kappa shape index (κ1) is 16.7. The average molecular weight is 277 g/mol. The first-order valence-corrected chi connectivity index (χ1v) is 7.25. The molecule has 4 heteroatoms. The van der Waals surface area contributed by atoms with Crippen LogP contribution in [0.15, 0.2) is 30.3 Å². The second kappa shape index (κ2) is 8.72. The van der Waals surface area contributed by atoms with Crippen molar-refractivity contribution in [1.82, 2.24) is 10.2 Å². The number of rotatable bonds is 8. The summed E-state index contributed by atoms with van der Waals surface area (Å²) in [7, 11) is 2.08. The van der Waals surface area contributed by atoms with E-state index in [1.54, 1.807) is 0 Å². The molecule has 0 aromatic heterocycles. The lowest BCUT2D eigenvalue weighted by Gasteiger charge is -2.25. The van der Waals surface area contributed by atoms with Gasteiger partial charge in [-0.25, -0.2) is 0 Å². The van der Waals surface area contributed by atoms with Gasteiger partial charge in [0.2, 0.25) is 5.91 Å². The van der Waals surface area contributed by atoms with E-state index in [0.29, 0.717) is 19.0 Å². The van der Waals surface area contributed by atoms with Crippen LogP contribution in [-0.2, 0) is 11.3 Å². The standard InChI is InChI=1S/C16H27N3O/c1-13(17)9-10-16(20)18-11-14(2)19(3)12-15-7-5-4-6-8-15/h4-8,13-14H,9-12,17H2,1-3H3,(H,18,20). The second-order valence-electron chi connectivity index (χ2n) is 5.57. The molecule has 1 amide bonds. The van der Waals surface area contributed by atoms with Crippen molar-refractivity contribution in [2.24, 2.45) is 5.73 Å². The van der Waals surface area contributed by atoms with Gasteiger partial charge in [0, 0.05) is 31.6 Å². The van der Waals surface area contributed by atoms with Gasteiger partial charge >= 0.3 is 0 Å². The molecule has 0 aliphatic rings. The molecule has 2 atom stereocenters. The molecular formula is C16H27N3O. The van der Waals surface area contributed by atoms with Gasteiger partial charge in [-0.3, -0.25) is 9.69 Å². The highest BCUT2D eigenvalue weighted by Gasteiger charge is 2.11. The first-order valence-electron chi connectivity index (χ1n) is 7.25. The Morgan fingerprint density at radius 3 is 2.55 bits per heavy atom. The maximum Gasteiger partial charge on any atom is 0.220 e. The van der Waals surface area contributed by atoms with Crippen LogP contribution >= 0.6 is 0 Å². The van der Waals surface area contributed by atoms with Crippen molar-refractivity contribution in [3.63, 3.8) is 0 Å². The molecule has 0 aliphatic carbocycles. The summed E-state index contributed by atoms with van der Waals surface area (Å²) in [5.74, 6) is 0.0854. The Kier molecular flexibility index (Phi) is 7.26. The van der Waals surface area contributed by atoms with E-state index in [1.807, 2.05) is 25.1 Å². The number of hydrogen-bond donors (Lipinski definition) is 2. The minimum absolute atomic E-state index is 0.0823. The van der Waals surface area contributed by atoms with E-state index in [1.165, 1.54) is 5.56 Å². The molecular weight excluding hydrogens is 250 g/mol. The fraction of sp³-hybridized carbons (Fsp3) is 0.562. The Morgan fingerprint density at radius 1 is 1.30 bits per heavy atom. The number of amides is 1. The molecule has 0 spiro atoms. The van der Waals surface area contributed by atoms with Crippen molar-refractivity contribution in [1.29, 1.82) is 0 Å². The fourth-order valence-corrected chi connectivity index (χ4v) is 1.89. The minimum Gasteiger partial charge on any atom is -0.355 e. The maximum atomic E-state index is 11.6. The number of nitrogens with zero attached hydrogens (tertiary/aromatic N) is 1. The topological polar surface area (TPSA) is 58.4 Å². The van der Waals surface area contributed by atoms with Crippen molar-refractivity contribution in [2.75, 3.05) is 13.6 Å². The van der Waals surface area contributed by atoms with E-state index < -0.39 is 0 Å². The summed E-state index contributed by atoms with van der Waals surface area (Å²) >= 11 is 0. The molecule has 1 aromatic carbocycles. The van der Waals surface area contributed by atoms with Crippen molar-refractivity contribution in [3.8, 4) is 0 Å². The third-order valence-electron chi connectivity index (χ3n) is 3.45. The van der Waals surface area contributed by atoms with Crippen LogP contribution in [0, 0.1) is 0 Å². The maximum absolute atomic E-state index is 11.6. The van der Waals surface area contributed by atoms with Crippen LogP contribution < -0.4 is 11.1 Å². The molecule has 0 bridgehead atoms. The molecule has 0 saturated carbocycles. The molecule has 112 valence electrons. The van der Waals surface area contributed by atoms with Gasteiger partial charge in [-0.2, -0.15) is 0 Å². The molecule has 0 saturated heterocycles. The van der Waals surface area contributed by atoms with E-state index >= 15 is 0 Å². The number of likely N-dealkylation sites (N-methyl/N-ethyl adjacent to an activating group) is 1. The zero-order valence-electron chi connectivity index (χ0n) is 12.8. The Morgan fingerprint density at radius 2 is 1.95 bits per heavy atom. The van der Waals surface area contributed by atoms with Crippen LogP contribution in [0.4, 0.5) is 0 Å². The second-order valence-corrected chi connectivity index (χ2v) is 5.57. The van der Waals surface area contributed by atoms with Crippen molar-refractivity contribution < 1.29 is 4.79 Å². The van der Waals surface area contributed by atoms with Gasteiger partial charge in [0.05, 0.1) is 0 Å². The van der Waals surface area contributed by atoms with Gasteiger partial charge < -0.3 is 11.1 Å². The Balaban J connectivity index is 2.28. The van der Waals surface area contributed by atoms with Crippen LogP contribution in [0.3, 0.4) is 0 Å². The summed E-state index contributed by atoms with van der Waals surface area (Å²) in [6.07, 6.45) is 1.24. The normalized spacial score (nSPS) is 14.1. The number of nitrogens with one attached hydrogen (secondary N) is 1. The molecule has 0 aliphatic heterocycles. The monoisotopic (exact) mass is 277 g/mol. The molecule has 20 heavy (non-hydrogen) atoms. The lowest BCUT2D eigenvalue weighted by atomic mass is 10.1. The highest BCUT2D eigenvalue weighted by atomic mass is 16.1. The number of hydrogen-bond acceptors (Lipinski definition) is 3. The summed E-state index contributed by atoms with van der Waals surface area (Å²) in [4.78, 5) is 13.9. The number of nitrogens with two attached hydrogens (primary N) is 1. The quantitative estimate of drug-likeness (QED) is 0.761. The first-order chi connectivity index (χ1) is 9.49. The van der Waals surface area contributed by atoms with Crippen molar-refractivity contribution >= 4 is 5.91 Å². The van der Waals surface area contributed by atoms with Gasteiger partial charge in [0.1, 0.15) is 0 Å². The third-order valence-corrected chi connectivity index (χ3v) is 3.45. The molecule has 0 fully saturated rings. The Hall–Kier alpha value is -1.39. The van der Waals surface area contributed by atoms with E-state index in [4.69, 9.17) is 5.73 Å². The Labute approximate surface area is 122 Å². The van der Waals surface area contributed by atoms with Gasteiger partial charge in [-0.1, -0.05) is 30.3 Å². The molecule has 1 aromatic rings. The summed E-state index contributed by atoms with van der Waals surface area (Å²) in [5.41, 5.74) is 6.93. The van der Waals surface area contributed by atoms with Crippen LogP contribution in [0.5, 0.6) is 0 Å². The van der Waals surface area contributed by atoms with Gasteiger partial charge in [0.25, 0.3) is 0 Å². The lowest BCUT2D eigenvalue weighted by molar-refractivity contribution is -0.121. The Bertz CT molecular complexity index is 392. The minimum atomic E-state index is 0.0823. The van der Waals surface area contributed by atoms with Crippen LogP contribution in [-0.4, -0.2) is 36.5 Å². The summed E-state index contributed by atoms with van der Waals surface area (Å²) in [6.45, 7) is 5.59. The number of carbonyl (C=O) groups is 1. The predicted molar refractivity (Wildman–Crippen MR) is 83.3 cm³/mol. The van der Waals surface area contributed by atoms with Crippen LogP contribution in [0.2, 0.25) is 0 Å². The average Bonchev–Trinajstić information content (AvgIpc) is 2.43. The molecule has 2 unspecified atom stereocenters. The molecule has 4 nitrogen and oxygen atoms in total. The van der Waals surface area contributed by atoms with Crippen LogP contribution in [0.1, 0.15) is 32.3 Å². The molecule has 0 radical (unpaired) electrons. The zero-order valence-corrected chi connectivity index (χ0v) is 12.8.